The Balaban J connectivity index is 1.38. The van der Waals surface area contributed by atoms with Crippen molar-refractivity contribution in [2.75, 3.05) is 18.4 Å². The molecule has 1 fully saturated rings. The van der Waals surface area contributed by atoms with Crippen LogP contribution in [0.25, 0.3) is 0 Å². The number of urea groups is 1. The minimum absolute atomic E-state index is 0.0779. The molecule has 34 heavy (non-hydrogen) atoms. The van der Waals surface area contributed by atoms with Crippen molar-refractivity contribution in [2.24, 2.45) is 0 Å². The van der Waals surface area contributed by atoms with Gasteiger partial charge in [-0.1, -0.05) is 48.0 Å². The van der Waals surface area contributed by atoms with Gasteiger partial charge in [0.2, 0.25) is 0 Å². The van der Waals surface area contributed by atoms with Crippen molar-refractivity contribution in [3.8, 4) is 5.75 Å². The monoisotopic (exact) mass is 479 g/mol. The molecule has 1 saturated heterocycles. The van der Waals surface area contributed by atoms with Crippen LogP contribution in [-0.2, 0) is 6.54 Å². The van der Waals surface area contributed by atoms with Crippen molar-refractivity contribution in [3.63, 3.8) is 0 Å². The van der Waals surface area contributed by atoms with Crippen molar-refractivity contribution >= 4 is 29.2 Å². The normalized spacial score (nSPS) is 16.7. The van der Waals surface area contributed by atoms with E-state index < -0.39 is 5.72 Å². The average Bonchev–Trinajstić information content (AvgIpc) is 2.83. The van der Waals surface area contributed by atoms with E-state index in [0.29, 0.717) is 53.5 Å². The second kappa shape index (κ2) is 8.99. The summed E-state index contributed by atoms with van der Waals surface area (Å²) in [4.78, 5) is 29.6. The van der Waals surface area contributed by atoms with Crippen LogP contribution in [0.3, 0.4) is 0 Å². The number of carbonyl (C=O) groups is 2. The molecule has 2 aliphatic heterocycles. The molecule has 0 aromatic heterocycles. The molecular weight excluding hydrogens is 457 g/mol. The van der Waals surface area contributed by atoms with Gasteiger partial charge in [0.05, 0.1) is 12.1 Å². The fourth-order valence-corrected chi connectivity index (χ4v) is 4.73. The Morgan fingerprint density at radius 1 is 1.03 bits per heavy atom. The van der Waals surface area contributed by atoms with Gasteiger partial charge < -0.3 is 15.0 Å². The maximum atomic E-state index is 14.5. The number of ether oxygens (including phenoxy) is 1. The Morgan fingerprint density at radius 2 is 1.76 bits per heavy atom. The second-order valence-electron chi connectivity index (χ2n) is 8.45. The number of para-hydroxylation sites is 1. The lowest BCUT2D eigenvalue weighted by molar-refractivity contribution is -0.109. The van der Waals surface area contributed by atoms with Gasteiger partial charge in [-0.2, -0.15) is 0 Å². The zero-order valence-corrected chi connectivity index (χ0v) is 19.1. The Morgan fingerprint density at radius 3 is 2.53 bits per heavy atom. The van der Waals surface area contributed by atoms with E-state index in [0.717, 1.165) is 0 Å². The van der Waals surface area contributed by atoms with E-state index in [9.17, 15) is 14.0 Å². The summed E-state index contributed by atoms with van der Waals surface area (Å²) in [5.74, 6) is -0.0707. The molecule has 3 aromatic rings. The third-order valence-corrected chi connectivity index (χ3v) is 6.58. The highest BCUT2D eigenvalue weighted by molar-refractivity contribution is 6.30. The highest BCUT2D eigenvalue weighted by Crippen LogP contribution is 2.40. The maximum absolute atomic E-state index is 14.5. The summed E-state index contributed by atoms with van der Waals surface area (Å²) in [6.45, 7) is 0.819. The van der Waals surface area contributed by atoms with E-state index in [1.165, 1.54) is 6.07 Å². The number of amides is 3. The van der Waals surface area contributed by atoms with E-state index in [1.807, 2.05) is 6.07 Å². The van der Waals surface area contributed by atoms with Crippen LogP contribution in [0.2, 0.25) is 5.02 Å². The molecule has 0 unspecified atom stereocenters. The van der Waals surface area contributed by atoms with E-state index in [4.69, 9.17) is 16.3 Å². The number of piperidine rings is 1. The fourth-order valence-electron chi connectivity index (χ4n) is 4.54. The third-order valence-electron chi connectivity index (χ3n) is 6.35. The zero-order chi connectivity index (χ0) is 23.7. The molecule has 0 radical (unpaired) electrons. The number of likely N-dealkylation sites (tertiary alicyclic amines) is 1. The molecule has 6 nitrogen and oxygen atoms in total. The third kappa shape index (κ3) is 4.19. The molecule has 0 bridgehead atoms. The first kappa shape index (κ1) is 22.2. The molecule has 1 spiro atoms. The Bertz CT molecular complexity index is 1240. The number of nitrogens with zero attached hydrogens (tertiary/aromatic N) is 2. The van der Waals surface area contributed by atoms with Gasteiger partial charge in [-0.15, -0.1) is 0 Å². The average molecular weight is 480 g/mol. The lowest BCUT2D eigenvalue weighted by Gasteiger charge is -2.50. The predicted molar refractivity (Wildman–Crippen MR) is 127 cm³/mol. The smallest absolute Gasteiger partial charge is 0.321 e. The van der Waals surface area contributed by atoms with Crippen LogP contribution >= 0.6 is 11.6 Å². The quantitative estimate of drug-likeness (QED) is 0.536. The van der Waals surface area contributed by atoms with Gasteiger partial charge in [-0.3, -0.25) is 9.69 Å². The summed E-state index contributed by atoms with van der Waals surface area (Å²) < 4.78 is 20.9. The van der Waals surface area contributed by atoms with Crippen molar-refractivity contribution in [1.82, 2.24) is 9.80 Å². The summed E-state index contributed by atoms with van der Waals surface area (Å²) >= 11 is 6.01. The maximum Gasteiger partial charge on any atom is 0.321 e. The summed E-state index contributed by atoms with van der Waals surface area (Å²) in [7, 11) is 0. The van der Waals surface area contributed by atoms with Crippen LogP contribution in [0.5, 0.6) is 5.75 Å². The number of hydrogen-bond acceptors (Lipinski definition) is 3. The van der Waals surface area contributed by atoms with Gasteiger partial charge in [0.25, 0.3) is 5.91 Å². The van der Waals surface area contributed by atoms with Crippen molar-refractivity contribution < 1.29 is 18.7 Å². The van der Waals surface area contributed by atoms with Gasteiger partial charge in [-0.05, 0) is 36.4 Å². The molecule has 5 rings (SSSR count). The topological polar surface area (TPSA) is 61.9 Å². The molecular formula is C26H23ClFN3O3. The molecule has 3 amide bonds. The van der Waals surface area contributed by atoms with Gasteiger partial charge in [0.15, 0.2) is 5.72 Å². The fraction of sp³-hybridized carbons (Fsp3) is 0.231. The number of anilines is 1. The first-order chi connectivity index (χ1) is 16.4. The number of hydrogen-bond donors (Lipinski definition) is 1. The number of carbonyl (C=O) groups excluding carboxylic acids is 2. The first-order valence-electron chi connectivity index (χ1n) is 11.1. The van der Waals surface area contributed by atoms with Crippen LogP contribution < -0.4 is 10.1 Å². The van der Waals surface area contributed by atoms with Crippen LogP contribution in [0.1, 0.15) is 28.8 Å². The molecule has 2 heterocycles. The Hall–Kier alpha value is -3.58. The lowest BCUT2D eigenvalue weighted by Crippen LogP contribution is -2.63. The highest BCUT2D eigenvalue weighted by Gasteiger charge is 2.49. The zero-order valence-electron chi connectivity index (χ0n) is 18.3. The summed E-state index contributed by atoms with van der Waals surface area (Å²) in [6.07, 6.45) is 0.787. The molecule has 1 N–H and O–H groups in total. The number of rotatable bonds is 3. The number of nitrogens with one attached hydrogen (secondary N) is 1. The number of benzene rings is 3. The van der Waals surface area contributed by atoms with Crippen LogP contribution in [-0.4, -0.2) is 40.6 Å². The van der Waals surface area contributed by atoms with E-state index in [1.54, 1.807) is 70.5 Å². The SMILES string of the molecule is O=C(Nc1cccc(Cl)c1)N1CCC2(CC1)Oc1ccccc1C(=O)N2Cc1ccccc1F. The van der Waals surface area contributed by atoms with Crippen molar-refractivity contribution in [1.29, 1.82) is 0 Å². The minimum Gasteiger partial charge on any atom is -0.467 e. The van der Waals surface area contributed by atoms with E-state index in [2.05, 4.69) is 5.32 Å². The van der Waals surface area contributed by atoms with E-state index >= 15 is 0 Å². The molecule has 2 aliphatic rings. The molecule has 3 aromatic carbocycles. The van der Waals surface area contributed by atoms with Gasteiger partial charge in [-0.25, -0.2) is 9.18 Å². The van der Waals surface area contributed by atoms with Crippen LogP contribution in [0, 0.1) is 5.82 Å². The Labute approximate surface area is 201 Å². The predicted octanol–water partition coefficient (Wildman–Crippen LogP) is 5.54. The first-order valence-corrected chi connectivity index (χ1v) is 11.5. The largest absolute Gasteiger partial charge is 0.467 e. The molecule has 174 valence electrons. The van der Waals surface area contributed by atoms with Crippen molar-refractivity contribution in [3.05, 3.63) is 94.8 Å². The Kier molecular flexibility index (Phi) is 5.87. The molecule has 0 aliphatic carbocycles. The van der Waals surface area contributed by atoms with Gasteiger partial charge >= 0.3 is 6.03 Å². The highest BCUT2D eigenvalue weighted by atomic mass is 35.5. The summed E-state index contributed by atoms with van der Waals surface area (Å²) in [6, 6.07) is 20.2. The standard InChI is InChI=1S/C26H23ClFN3O3/c27-19-7-5-8-20(16-19)29-25(33)30-14-12-26(13-15-30)31(17-18-6-1-3-10-22(18)28)24(32)21-9-2-4-11-23(21)34-26/h1-11,16H,12-15,17H2,(H,29,33). The molecule has 0 atom stereocenters. The van der Waals surface area contributed by atoms with Gasteiger partial charge in [0, 0.05) is 42.2 Å². The van der Waals surface area contributed by atoms with Crippen LogP contribution in [0.4, 0.5) is 14.9 Å². The number of halogens is 2. The van der Waals surface area contributed by atoms with E-state index in [-0.39, 0.29) is 24.3 Å². The van der Waals surface area contributed by atoms with Crippen molar-refractivity contribution in [2.45, 2.75) is 25.1 Å². The number of fused-ring (bicyclic) bond motifs is 1. The molecule has 8 heteroatoms. The van der Waals surface area contributed by atoms with Crippen LogP contribution in [0.15, 0.2) is 72.8 Å². The molecule has 0 saturated carbocycles. The van der Waals surface area contributed by atoms with Gasteiger partial charge in [0.1, 0.15) is 11.6 Å². The lowest BCUT2D eigenvalue weighted by atomic mass is 9.93. The summed E-state index contributed by atoms with van der Waals surface area (Å²) in [5, 5.41) is 3.39. The minimum atomic E-state index is -0.972. The second-order valence-corrected chi connectivity index (χ2v) is 8.89. The summed E-state index contributed by atoms with van der Waals surface area (Å²) in [5.41, 5.74) is 0.502.